The van der Waals surface area contributed by atoms with E-state index >= 15 is 0 Å². The number of rotatable bonds is 9. The Labute approximate surface area is 175 Å². The summed E-state index contributed by atoms with van der Waals surface area (Å²) in [5, 5.41) is 5.20. The number of ether oxygens (including phenoxy) is 2. The second kappa shape index (κ2) is 10.4. The predicted molar refractivity (Wildman–Crippen MR) is 112 cm³/mol. The zero-order valence-electron chi connectivity index (χ0n) is 17.0. The van der Waals surface area contributed by atoms with E-state index in [1.165, 1.54) is 11.1 Å². The quantitative estimate of drug-likeness (QED) is 0.620. The summed E-state index contributed by atoms with van der Waals surface area (Å²) in [4.78, 5) is 35.0. The number of hydrogen-bond acceptors (Lipinski definition) is 5. The average Bonchev–Trinajstić information content (AvgIpc) is 3.06. The summed E-state index contributed by atoms with van der Waals surface area (Å²) in [6.07, 6.45) is -0.331. The fourth-order valence-corrected chi connectivity index (χ4v) is 3.55. The lowest BCUT2D eigenvalue weighted by Gasteiger charge is -2.14. The molecular formula is C23H26N2O5. The first kappa shape index (κ1) is 21.4. The molecular weight excluding hydrogens is 384 g/mol. The summed E-state index contributed by atoms with van der Waals surface area (Å²) in [6.45, 7) is 2.64. The van der Waals surface area contributed by atoms with E-state index in [0.717, 1.165) is 11.1 Å². The molecule has 1 aliphatic rings. The number of hydrogen-bond donors (Lipinski definition) is 2. The minimum atomic E-state index is -0.559. The maximum Gasteiger partial charge on any atom is 0.407 e. The van der Waals surface area contributed by atoms with Crippen LogP contribution in [0.1, 0.15) is 36.8 Å². The van der Waals surface area contributed by atoms with Crippen molar-refractivity contribution in [2.45, 2.75) is 25.7 Å². The van der Waals surface area contributed by atoms with Crippen LogP contribution in [0, 0.1) is 0 Å². The first-order valence-corrected chi connectivity index (χ1v) is 10.1. The number of esters is 1. The highest BCUT2D eigenvalue weighted by Crippen LogP contribution is 2.44. The molecule has 0 bridgehead atoms. The second-order valence-electron chi connectivity index (χ2n) is 6.91. The summed E-state index contributed by atoms with van der Waals surface area (Å²) in [5.41, 5.74) is 4.63. The molecule has 0 saturated heterocycles. The SMILES string of the molecule is CCOC(=O)CCNC(=O)CCNC(=O)OCC1c2ccccc2-c2ccccc21. The van der Waals surface area contributed by atoms with Crippen LogP contribution in [0.15, 0.2) is 48.5 Å². The van der Waals surface area contributed by atoms with Crippen molar-refractivity contribution in [2.24, 2.45) is 0 Å². The Morgan fingerprint density at radius 1 is 0.833 bits per heavy atom. The maximum absolute atomic E-state index is 12.1. The first-order valence-electron chi connectivity index (χ1n) is 10.1. The van der Waals surface area contributed by atoms with Crippen LogP contribution in [0.5, 0.6) is 0 Å². The lowest BCUT2D eigenvalue weighted by atomic mass is 9.98. The number of alkyl carbamates (subject to hydrolysis) is 1. The van der Waals surface area contributed by atoms with Crippen LogP contribution in [0.4, 0.5) is 4.79 Å². The first-order chi connectivity index (χ1) is 14.6. The summed E-state index contributed by atoms with van der Waals surface area (Å²) in [7, 11) is 0. The van der Waals surface area contributed by atoms with Gasteiger partial charge in [0.2, 0.25) is 5.91 Å². The molecule has 0 spiro atoms. The van der Waals surface area contributed by atoms with Crippen LogP contribution < -0.4 is 10.6 Å². The number of benzene rings is 2. The number of fused-ring (bicyclic) bond motifs is 3. The smallest absolute Gasteiger partial charge is 0.407 e. The van der Waals surface area contributed by atoms with E-state index in [0.29, 0.717) is 6.61 Å². The molecule has 0 aliphatic heterocycles. The number of carbonyl (C=O) groups excluding carboxylic acids is 3. The molecule has 7 nitrogen and oxygen atoms in total. The molecule has 2 N–H and O–H groups in total. The van der Waals surface area contributed by atoms with Crippen molar-refractivity contribution in [3.8, 4) is 11.1 Å². The van der Waals surface area contributed by atoms with Crippen molar-refractivity contribution in [3.63, 3.8) is 0 Å². The van der Waals surface area contributed by atoms with Crippen molar-refractivity contribution in [2.75, 3.05) is 26.3 Å². The van der Waals surface area contributed by atoms with Crippen molar-refractivity contribution < 1.29 is 23.9 Å². The molecule has 30 heavy (non-hydrogen) atoms. The van der Waals surface area contributed by atoms with Crippen molar-refractivity contribution in [1.82, 2.24) is 10.6 Å². The molecule has 0 aromatic heterocycles. The van der Waals surface area contributed by atoms with Crippen LogP contribution >= 0.6 is 0 Å². The van der Waals surface area contributed by atoms with Crippen molar-refractivity contribution >= 4 is 18.0 Å². The third kappa shape index (κ3) is 5.37. The molecule has 2 aromatic carbocycles. The summed E-state index contributed by atoms with van der Waals surface area (Å²) < 4.78 is 10.2. The molecule has 0 saturated carbocycles. The Hall–Kier alpha value is -3.35. The minimum Gasteiger partial charge on any atom is -0.466 e. The topological polar surface area (TPSA) is 93.7 Å². The van der Waals surface area contributed by atoms with E-state index in [1.807, 2.05) is 24.3 Å². The van der Waals surface area contributed by atoms with Gasteiger partial charge in [0, 0.05) is 25.4 Å². The van der Waals surface area contributed by atoms with E-state index < -0.39 is 6.09 Å². The maximum atomic E-state index is 12.1. The number of amides is 2. The summed E-state index contributed by atoms with van der Waals surface area (Å²) in [6, 6.07) is 16.2. The lowest BCUT2D eigenvalue weighted by Crippen LogP contribution is -2.32. The van der Waals surface area contributed by atoms with E-state index in [1.54, 1.807) is 6.92 Å². The van der Waals surface area contributed by atoms with Gasteiger partial charge in [-0.15, -0.1) is 0 Å². The third-order valence-corrected chi connectivity index (χ3v) is 4.92. The minimum absolute atomic E-state index is 0.00525. The van der Waals surface area contributed by atoms with Crippen LogP contribution in [0.25, 0.3) is 11.1 Å². The van der Waals surface area contributed by atoms with Gasteiger partial charge in [0.1, 0.15) is 6.61 Å². The number of nitrogens with one attached hydrogen (secondary N) is 2. The predicted octanol–water partition coefficient (Wildman–Crippen LogP) is 2.98. The van der Waals surface area contributed by atoms with E-state index in [4.69, 9.17) is 9.47 Å². The van der Waals surface area contributed by atoms with Gasteiger partial charge in [-0.05, 0) is 29.2 Å². The van der Waals surface area contributed by atoms with Gasteiger partial charge >= 0.3 is 12.1 Å². The van der Waals surface area contributed by atoms with E-state index in [2.05, 4.69) is 34.9 Å². The summed E-state index contributed by atoms with van der Waals surface area (Å²) >= 11 is 0. The zero-order valence-corrected chi connectivity index (χ0v) is 17.0. The van der Waals surface area contributed by atoms with Crippen LogP contribution in [-0.4, -0.2) is 44.3 Å². The Bertz CT molecular complexity index is 866. The van der Waals surface area contributed by atoms with Crippen LogP contribution in [0.2, 0.25) is 0 Å². The lowest BCUT2D eigenvalue weighted by molar-refractivity contribution is -0.143. The highest BCUT2D eigenvalue weighted by atomic mass is 16.5. The van der Waals surface area contributed by atoms with Crippen molar-refractivity contribution in [1.29, 1.82) is 0 Å². The van der Waals surface area contributed by atoms with Gasteiger partial charge in [0.05, 0.1) is 13.0 Å². The fraction of sp³-hybridized carbons (Fsp3) is 0.348. The van der Waals surface area contributed by atoms with E-state index in [-0.39, 0.29) is 50.3 Å². The van der Waals surface area contributed by atoms with Gasteiger partial charge in [-0.1, -0.05) is 48.5 Å². The monoisotopic (exact) mass is 410 g/mol. The molecule has 2 amide bonds. The van der Waals surface area contributed by atoms with Gasteiger partial charge in [0.15, 0.2) is 0 Å². The molecule has 0 atom stereocenters. The normalized spacial score (nSPS) is 11.9. The molecule has 3 rings (SSSR count). The molecule has 7 heteroatoms. The van der Waals surface area contributed by atoms with E-state index in [9.17, 15) is 14.4 Å². The molecule has 0 heterocycles. The molecule has 2 aromatic rings. The van der Waals surface area contributed by atoms with Gasteiger partial charge in [-0.25, -0.2) is 4.79 Å². The standard InChI is InChI=1S/C23H26N2O5/c1-2-29-22(27)12-14-24-21(26)11-13-25-23(28)30-15-20-18-9-5-3-7-16(18)17-8-4-6-10-19(17)20/h3-10,20H,2,11-15H2,1H3,(H,24,26)(H,25,28). The second-order valence-corrected chi connectivity index (χ2v) is 6.91. The largest absolute Gasteiger partial charge is 0.466 e. The van der Waals surface area contributed by atoms with Crippen LogP contribution in [0.3, 0.4) is 0 Å². The van der Waals surface area contributed by atoms with Gasteiger partial charge in [-0.3, -0.25) is 9.59 Å². The van der Waals surface area contributed by atoms with Gasteiger partial charge in [0.25, 0.3) is 0 Å². The summed E-state index contributed by atoms with van der Waals surface area (Å²) in [5.74, 6) is -0.609. The third-order valence-electron chi connectivity index (χ3n) is 4.92. The molecule has 0 fully saturated rings. The van der Waals surface area contributed by atoms with Crippen LogP contribution in [-0.2, 0) is 19.1 Å². The van der Waals surface area contributed by atoms with Gasteiger partial charge in [-0.2, -0.15) is 0 Å². The van der Waals surface area contributed by atoms with Crippen molar-refractivity contribution in [3.05, 3.63) is 59.7 Å². The van der Waals surface area contributed by atoms with Gasteiger partial charge < -0.3 is 20.1 Å². The average molecular weight is 410 g/mol. The zero-order chi connectivity index (χ0) is 21.3. The molecule has 0 unspecified atom stereocenters. The Balaban J connectivity index is 1.40. The Kier molecular flexibility index (Phi) is 7.43. The molecule has 158 valence electrons. The molecule has 1 aliphatic carbocycles. The Morgan fingerprint density at radius 2 is 1.43 bits per heavy atom. The number of carbonyl (C=O) groups is 3. The highest BCUT2D eigenvalue weighted by molar-refractivity contribution is 5.79. The fourth-order valence-electron chi connectivity index (χ4n) is 3.55. The Morgan fingerprint density at radius 3 is 2.07 bits per heavy atom. The molecule has 0 radical (unpaired) electrons. The highest BCUT2D eigenvalue weighted by Gasteiger charge is 2.28.